The molecule has 0 N–H and O–H groups in total. The molecule has 0 bridgehead atoms. The Morgan fingerprint density at radius 2 is 2.20 bits per heavy atom. The van der Waals surface area contributed by atoms with E-state index >= 15 is 0 Å². The maximum absolute atomic E-state index is 11.0. The van der Waals surface area contributed by atoms with Gasteiger partial charge in [-0.05, 0) is 6.04 Å². The molecule has 0 aromatic carbocycles. The molecule has 0 saturated carbocycles. The van der Waals surface area contributed by atoms with E-state index in [2.05, 4.69) is 35.6 Å². The van der Waals surface area contributed by atoms with E-state index in [1.165, 1.54) is 6.08 Å². The Morgan fingerprint density at radius 1 is 1.53 bits per heavy atom. The number of cyclic esters (lactones) is 1. The van der Waals surface area contributed by atoms with E-state index in [9.17, 15) is 4.79 Å². The zero-order valence-corrected chi connectivity index (χ0v) is 11.8. The van der Waals surface area contributed by atoms with Gasteiger partial charge in [0.25, 0.3) is 0 Å². The van der Waals surface area contributed by atoms with Crippen LogP contribution in [0.2, 0.25) is 25.7 Å². The van der Waals surface area contributed by atoms with E-state index < -0.39 is 8.07 Å². The normalized spacial score (nSPS) is 19.1. The third-order valence-corrected chi connectivity index (χ3v) is 4.03. The third kappa shape index (κ3) is 4.21. The fraction of sp³-hybridized carbons (Fsp3) is 0.500. The lowest BCUT2D eigenvalue weighted by Crippen LogP contribution is -2.21. The number of ether oxygens (including phenoxy) is 2. The molecule has 0 aliphatic carbocycles. The minimum Gasteiger partial charge on any atom is -0.490 e. The summed E-state index contributed by atoms with van der Waals surface area (Å²) in [5, 5.41) is 0. The van der Waals surface area contributed by atoms with Crippen LogP contribution in [0.3, 0.4) is 0 Å². The Hall–Kier alpha value is -0.553. The largest absolute Gasteiger partial charge is 0.490 e. The second kappa shape index (κ2) is 4.98. The van der Waals surface area contributed by atoms with Crippen molar-refractivity contribution in [1.29, 1.82) is 0 Å². The highest BCUT2D eigenvalue weighted by Gasteiger charge is 2.22. The van der Waals surface area contributed by atoms with Gasteiger partial charge in [0.2, 0.25) is 0 Å². The van der Waals surface area contributed by atoms with Crippen LogP contribution >= 0.6 is 15.9 Å². The molecule has 0 aromatic heterocycles. The molecule has 0 amide bonds. The molecule has 0 fully saturated rings. The Morgan fingerprint density at radius 3 is 2.73 bits per heavy atom. The van der Waals surface area contributed by atoms with E-state index in [0.717, 1.165) is 6.04 Å². The predicted molar refractivity (Wildman–Crippen MR) is 65.3 cm³/mol. The van der Waals surface area contributed by atoms with Gasteiger partial charge in [0.05, 0.1) is 12.7 Å². The lowest BCUT2D eigenvalue weighted by atomic mass is 10.4. The van der Waals surface area contributed by atoms with E-state index in [-0.39, 0.29) is 5.97 Å². The highest BCUT2D eigenvalue weighted by Crippen LogP contribution is 2.22. The Kier molecular flexibility index (Phi) is 4.16. The number of esters is 1. The molecule has 1 heterocycles. The second-order valence-corrected chi connectivity index (χ2v) is 10.6. The number of halogens is 1. The van der Waals surface area contributed by atoms with Crippen molar-refractivity contribution in [1.82, 2.24) is 0 Å². The van der Waals surface area contributed by atoms with Gasteiger partial charge < -0.3 is 9.47 Å². The lowest BCUT2D eigenvalue weighted by molar-refractivity contribution is -0.132. The molecule has 0 unspecified atom stereocenters. The highest BCUT2D eigenvalue weighted by molar-refractivity contribution is 9.11. The fourth-order valence-electron chi connectivity index (χ4n) is 1.02. The first kappa shape index (κ1) is 12.5. The van der Waals surface area contributed by atoms with E-state index in [1.54, 1.807) is 4.99 Å². The SMILES string of the molecule is C[Si](C)(C)CCOC1=CC(=O)O/C1=C\Br. The molecule has 0 radical (unpaired) electrons. The Labute approximate surface area is 99.3 Å². The van der Waals surface area contributed by atoms with E-state index in [1.807, 2.05) is 0 Å². The average Bonchev–Trinajstić information content (AvgIpc) is 2.44. The molecule has 1 aliphatic heterocycles. The summed E-state index contributed by atoms with van der Waals surface area (Å²) in [6, 6.07) is 1.06. The molecule has 1 aliphatic rings. The summed E-state index contributed by atoms with van der Waals surface area (Å²) in [5.74, 6) is 0.606. The summed E-state index contributed by atoms with van der Waals surface area (Å²) >= 11 is 3.12. The summed E-state index contributed by atoms with van der Waals surface area (Å²) in [5.41, 5.74) is 0. The predicted octanol–water partition coefficient (Wildman–Crippen LogP) is 3.02. The van der Waals surface area contributed by atoms with Crippen molar-refractivity contribution in [3.63, 3.8) is 0 Å². The van der Waals surface area contributed by atoms with Gasteiger partial charge in [-0.25, -0.2) is 4.79 Å². The van der Waals surface area contributed by atoms with Crippen molar-refractivity contribution in [3.05, 3.63) is 22.6 Å². The maximum Gasteiger partial charge on any atom is 0.340 e. The van der Waals surface area contributed by atoms with Gasteiger partial charge in [-0.2, -0.15) is 0 Å². The molecule has 0 aromatic rings. The zero-order chi connectivity index (χ0) is 11.5. The molecule has 0 atom stereocenters. The van der Waals surface area contributed by atoms with E-state index in [4.69, 9.17) is 9.47 Å². The molecule has 84 valence electrons. The van der Waals surface area contributed by atoms with Crippen molar-refractivity contribution in [3.8, 4) is 0 Å². The topological polar surface area (TPSA) is 35.5 Å². The molecule has 5 heteroatoms. The Balaban J connectivity index is 2.45. The fourth-order valence-corrected chi connectivity index (χ4v) is 2.06. The van der Waals surface area contributed by atoms with Crippen LogP contribution in [-0.2, 0) is 14.3 Å². The van der Waals surface area contributed by atoms with Crippen LogP contribution in [0, 0.1) is 0 Å². The Bertz CT molecular complexity index is 315. The molecule has 15 heavy (non-hydrogen) atoms. The van der Waals surface area contributed by atoms with Gasteiger partial charge in [0, 0.05) is 13.1 Å². The summed E-state index contributed by atoms with van der Waals surface area (Å²) in [6.45, 7) is 7.48. The first-order valence-electron chi connectivity index (χ1n) is 4.79. The number of hydrogen-bond acceptors (Lipinski definition) is 3. The van der Waals surface area contributed by atoms with Crippen LogP contribution in [0.4, 0.5) is 0 Å². The third-order valence-electron chi connectivity index (χ3n) is 1.91. The first-order valence-corrected chi connectivity index (χ1v) is 9.42. The summed E-state index contributed by atoms with van der Waals surface area (Å²) in [6.07, 6.45) is 1.37. The number of rotatable bonds is 4. The van der Waals surface area contributed by atoms with Gasteiger partial charge in [-0.3, -0.25) is 0 Å². The molecule has 1 rings (SSSR count). The molecular formula is C10H15BrO3Si. The van der Waals surface area contributed by atoms with Crippen molar-refractivity contribution in [2.75, 3.05) is 6.61 Å². The highest BCUT2D eigenvalue weighted by atomic mass is 79.9. The van der Waals surface area contributed by atoms with Crippen LogP contribution < -0.4 is 0 Å². The van der Waals surface area contributed by atoms with Crippen LogP contribution in [0.5, 0.6) is 0 Å². The monoisotopic (exact) mass is 290 g/mol. The van der Waals surface area contributed by atoms with Gasteiger partial charge in [0.1, 0.15) is 0 Å². The number of carbonyl (C=O) groups is 1. The summed E-state index contributed by atoms with van der Waals surface area (Å²) < 4.78 is 10.4. The van der Waals surface area contributed by atoms with Crippen molar-refractivity contribution in [2.45, 2.75) is 25.7 Å². The summed E-state index contributed by atoms with van der Waals surface area (Å²) in [7, 11) is -1.09. The lowest BCUT2D eigenvalue weighted by Gasteiger charge is -2.16. The molecule has 3 nitrogen and oxygen atoms in total. The number of hydrogen-bond donors (Lipinski definition) is 0. The molecular weight excluding hydrogens is 276 g/mol. The zero-order valence-electron chi connectivity index (χ0n) is 9.17. The van der Waals surface area contributed by atoms with Crippen molar-refractivity contribution < 1.29 is 14.3 Å². The smallest absolute Gasteiger partial charge is 0.340 e. The molecule has 0 saturated heterocycles. The minimum absolute atomic E-state index is 0.372. The van der Waals surface area contributed by atoms with Gasteiger partial charge >= 0.3 is 5.97 Å². The molecule has 0 spiro atoms. The number of carbonyl (C=O) groups excluding carboxylic acids is 1. The van der Waals surface area contributed by atoms with Gasteiger partial charge in [0.15, 0.2) is 11.5 Å². The quantitative estimate of drug-likeness (QED) is 0.590. The van der Waals surface area contributed by atoms with E-state index in [0.29, 0.717) is 18.1 Å². The van der Waals surface area contributed by atoms with Crippen LogP contribution in [0.25, 0.3) is 0 Å². The standard InChI is InChI=1S/C10H15BrO3Si/c1-15(2,3)5-4-13-8-6-10(12)14-9(8)7-11/h6-7H,4-5H2,1-3H3/b9-7-. The van der Waals surface area contributed by atoms with Crippen LogP contribution in [0.15, 0.2) is 22.6 Å². The maximum atomic E-state index is 11.0. The van der Waals surface area contributed by atoms with Gasteiger partial charge in [-0.15, -0.1) is 0 Å². The first-order chi connectivity index (χ1) is 6.92. The van der Waals surface area contributed by atoms with Crippen molar-refractivity contribution in [2.24, 2.45) is 0 Å². The summed E-state index contributed by atoms with van der Waals surface area (Å²) in [4.78, 5) is 12.5. The van der Waals surface area contributed by atoms with Gasteiger partial charge in [-0.1, -0.05) is 35.6 Å². The second-order valence-electron chi connectivity index (χ2n) is 4.56. The van der Waals surface area contributed by atoms with Crippen molar-refractivity contribution >= 4 is 30.0 Å². The minimum atomic E-state index is -1.09. The van der Waals surface area contributed by atoms with Crippen LogP contribution in [0.1, 0.15) is 0 Å². The van der Waals surface area contributed by atoms with Crippen LogP contribution in [-0.4, -0.2) is 20.7 Å². The average molecular weight is 291 g/mol.